The van der Waals surface area contributed by atoms with E-state index in [9.17, 15) is 0 Å². The Bertz CT molecular complexity index is 292. The second-order valence-corrected chi connectivity index (χ2v) is 4.29. The predicted octanol–water partition coefficient (Wildman–Crippen LogP) is 2.05. The van der Waals surface area contributed by atoms with Crippen molar-refractivity contribution in [2.24, 2.45) is 5.92 Å². The summed E-state index contributed by atoms with van der Waals surface area (Å²) in [6, 6.07) is 3.74. The van der Waals surface area contributed by atoms with Gasteiger partial charge in [0, 0.05) is 0 Å². The maximum Gasteiger partial charge on any atom is 0.129 e. The van der Waals surface area contributed by atoms with Gasteiger partial charge in [0.2, 0.25) is 0 Å². The molecular formula is C12H19NO2. The summed E-state index contributed by atoms with van der Waals surface area (Å²) in [5.74, 6) is 2.51. The highest BCUT2D eigenvalue weighted by Gasteiger charge is 2.16. The molecule has 0 saturated heterocycles. The SMILES string of the molecule is OCc1ccc(CNCCC2CCC2)o1. The molecule has 0 unspecified atom stereocenters. The van der Waals surface area contributed by atoms with E-state index in [1.165, 1.54) is 25.7 Å². The van der Waals surface area contributed by atoms with Gasteiger partial charge in [-0.05, 0) is 31.0 Å². The van der Waals surface area contributed by atoms with Gasteiger partial charge in [0.05, 0.1) is 6.54 Å². The fourth-order valence-electron chi connectivity index (χ4n) is 1.90. The highest BCUT2D eigenvalue weighted by atomic mass is 16.4. The Hall–Kier alpha value is -0.800. The molecule has 0 atom stereocenters. The molecule has 1 aliphatic carbocycles. The van der Waals surface area contributed by atoms with Gasteiger partial charge in [0.1, 0.15) is 18.1 Å². The van der Waals surface area contributed by atoms with Crippen molar-refractivity contribution in [3.05, 3.63) is 23.7 Å². The van der Waals surface area contributed by atoms with Gasteiger partial charge < -0.3 is 14.8 Å². The van der Waals surface area contributed by atoms with Crippen molar-refractivity contribution in [1.82, 2.24) is 5.32 Å². The van der Waals surface area contributed by atoms with Gasteiger partial charge in [-0.15, -0.1) is 0 Å². The van der Waals surface area contributed by atoms with Gasteiger partial charge >= 0.3 is 0 Å². The second-order valence-electron chi connectivity index (χ2n) is 4.29. The topological polar surface area (TPSA) is 45.4 Å². The molecule has 2 rings (SSSR count). The Balaban J connectivity index is 1.60. The van der Waals surface area contributed by atoms with E-state index in [1.54, 1.807) is 0 Å². The van der Waals surface area contributed by atoms with Crippen LogP contribution in [0.15, 0.2) is 16.5 Å². The molecule has 0 aliphatic heterocycles. The van der Waals surface area contributed by atoms with Crippen LogP contribution in [0.5, 0.6) is 0 Å². The Kier molecular flexibility index (Phi) is 3.80. The normalized spacial score (nSPS) is 16.6. The van der Waals surface area contributed by atoms with Crippen molar-refractivity contribution < 1.29 is 9.52 Å². The van der Waals surface area contributed by atoms with Gasteiger partial charge in [-0.1, -0.05) is 19.3 Å². The second kappa shape index (κ2) is 5.33. The van der Waals surface area contributed by atoms with E-state index in [1.807, 2.05) is 12.1 Å². The average Bonchev–Trinajstić information content (AvgIpc) is 2.62. The van der Waals surface area contributed by atoms with E-state index < -0.39 is 0 Å². The molecule has 84 valence electrons. The molecular weight excluding hydrogens is 190 g/mol. The minimum atomic E-state index is -0.0118. The first-order chi connectivity index (χ1) is 7.38. The summed E-state index contributed by atoms with van der Waals surface area (Å²) in [5, 5.41) is 12.2. The van der Waals surface area contributed by atoms with E-state index in [0.717, 1.165) is 24.8 Å². The van der Waals surface area contributed by atoms with Crippen LogP contribution in [0, 0.1) is 5.92 Å². The number of nitrogens with one attached hydrogen (secondary N) is 1. The lowest BCUT2D eigenvalue weighted by Gasteiger charge is -2.25. The molecule has 1 saturated carbocycles. The summed E-state index contributed by atoms with van der Waals surface area (Å²) in [4.78, 5) is 0. The highest BCUT2D eigenvalue weighted by Crippen LogP contribution is 2.28. The molecule has 15 heavy (non-hydrogen) atoms. The third kappa shape index (κ3) is 3.08. The lowest BCUT2D eigenvalue weighted by atomic mass is 9.83. The zero-order valence-electron chi connectivity index (χ0n) is 9.04. The van der Waals surface area contributed by atoms with Gasteiger partial charge in [-0.3, -0.25) is 0 Å². The third-order valence-electron chi connectivity index (χ3n) is 3.13. The number of hydrogen-bond donors (Lipinski definition) is 2. The fraction of sp³-hybridized carbons (Fsp3) is 0.667. The Labute approximate surface area is 90.5 Å². The Morgan fingerprint density at radius 1 is 1.33 bits per heavy atom. The van der Waals surface area contributed by atoms with Crippen LogP contribution in [-0.4, -0.2) is 11.7 Å². The zero-order valence-corrected chi connectivity index (χ0v) is 9.04. The number of aliphatic hydroxyl groups excluding tert-OH is 1. The van der Waals surface area contributed by atoms with Crippen molar-refractivity contribution in [2.45, 2.75) is 38.8 Å². The molecule has 1 aromatic rings. The molecule has 1 heterocycles. The maximum absolute atomic E-state index is 8.82. The van der Waals surface area contributed by atoms with Crippen molar-refractivity contribution in [3.8, 4) is 0 Å². The van der Waals surface area contributed by atoms with Gasteiger partial charge in [-0.25, -0.2) is 0 Å². The van der Waals surface area contributed by atoms with E-state index in [4.69, 9.17) is 9.52 Å². The van der Waals surface area contributed by atoms with Crippen molar-refractivity contribution in [3.63, 3.8) is 0 Å². The molecule has 2 N–H and O–H groups in total. The molecule has 0 bridgehead atoms. The Morgan fingerprint density at radius 2 is 2.13 bits per heavy atom. The largest absolute Gasteiger partial charge is 0.462 e. The molecule has 1 fully saturated rings. The van der Waals surface area contributed by atoms with E-state index in [2.05, 4.69) is 5.32 Å². The summed E-state index contributed by atoms with van der Waals surface area (Å²) in [6.07, 6.45) is 5.53. The predicted molar refractivity (Wildman–Crippen MR) is 58.3 cm³/mol. The number of rotatable bonds is 6. The van der Waals surface area contributed by atoms with E-state index in [0.29, 0.717) is 5.76 Å². The summed E-state index contributed by atoms with van der Waals surface area (Å²) < 4.78 is 5.37. The molecule has 1 aromatic heterocycles. The molecule has 3 heteroatoms. The van der Waals surface area contributed by atoms with E-state index in [-0.39, 0.29) is 6.61 Å². The van der Waals surface area contributed by atoms with Crippen molar-refractivity contribution in [2.75, 3.05) is 6.54 Å². The smallest absolute Gasteiger partial charge is 0.129 e. The molecule has 0 radical (unpaired) electrons. The van der Waals surface area contributed by atoms with Crippen LogP contribution < -0.4 is 5.32 Å². The lowest BCUT2D eigenvalue weighted by Crippen LogP contribution is -2.20. The van der Waals surface area contributed by atoms with Crippen LogP contribution in [0.3, 0.4) is 0 Å². The molecule has 0 aromatic carbocycles. The monoisotopic (exact) mass is 209 g/mol. The minimum Gasteiger partial charge on any atom is -0.462 e. The third-order valence-corrected chi connectivity index (χ3v) is 3.13. The van der Waals surface area contributed by atoms with Crippen LogP contribution in [0.1, 0.15) is 37.2 Å². The Morgan fingerprint density at radius 3 is 2.73 bits per heavy atom. The van der Waals surface area contributed by atoms with Crippen LogP contribution in [0.4, 0.5) is 0 Å². The lowest BCUT2D eigenvalue weighted by molar-refractivity contribution is 0.242. The molecule has 0 spiro atoms. The van der Waals surface area contributed by atoms with Gasteiger partial charge in [-0.2, -0.15) is 0 Å². The summed E-state index contributed by atoms with van der Waals surface area (Å²) in [6.45, 7) is 1.83. The highest BCUT2D eigenvalue weighted by molar-refractivity contribution is 5.05. The van der Waals surface area contributed by atoms with Crippen LogP contribution in [0.25, 0.3) is 0 Å². The fourth-order valence-corrected chi connectivity index (χ4v) is 1.90. The van der Waals surface area contributed by atoms with Crippen LogP contribution in [0.2, 0.25) is 0 Å². The summed E-state index contributed by atoms with van der Waals surface area (Å²) in [5.41, 5.74) is 0. The molecule has 1 aliphatic rings. The summed E-state index contributed by atoms with van der Waals surface area (Å²) in [7, 11) is 0. The average molecular weight is 209 g/mol. The quantitative estimate of drug-likeness (QED) is 0.705. The zero-order chi connectivity index (χ0) is 10.5. The standard InChI is InChI=1S/C12H19NO2/c14-9-12-5-4-11(15-12)8-13-7-6-10-2-1-3-10/h4-5,10,13-14H,1-3,6-9H2. The minimum absolute atomic E-state index is 0.0118. The first-order valence-electron chi connectivity index (χ1n) is 5.77. The summed E-state index contributed by atoms with van der Waals surface area (Å²) >= 11 is 0. The van der Waals surface area contributed by atoms with E-state index >= 15 is 0 Å². The number of aliphatic hydroxyl groups is 1. The first kappa shape index (κ1) is 10.7. The van der Waals surface area contributed by atoms with Crippen LogP contribution in [-0.2, 0) is 13.2 Å². The van der Waals surface area contributed by atoms with Crippen molar-refractivity contribution >= 4 is 0 Å². The first-order valence-corrected chi connectivity index (χ1v) is 5.77. The van der Waals surface area contributed by atoms with Crippen LogP contribution >= 0.6 is 0 Å². The number of furan rings is 1. The maximum atomic E-state index is 8.82. The van der Waals surface area contributed by atoms with Gasteiger partial charge in [0.25, 0.3) is 0 Å². The van der Waals surface area contributed by atoms with Gasteiger partial charge in [0.15, 0.2) is 0 Å². The molecule has 0 amide bonds. The number of hydrogen-bond acceptors (Lipinski definition) is 3. The van der Waals surface area contributed by atoms with Crippen molar-refractivity contribution in [1.29, 1.82) is 0 Å². The molecule has 3 nitrogen and oxygen atoms in total.